The van der Waals surface area contributed by atoms with E-state index in [-0.39, 0.29) is 10.8 Å². The van der Waals surface area contributed by atoms with Gasteiger partial charge in [0, 0.05) is 25.9 Å². The number of hydrogen-bond donors (Lipinski definition) is 1. The first kappa shape index (κ1) is 16.1. The third-order valence-electron chi connectivity index (χ3n) is 2.45. The molecule has 1 aromatic carbocycles. The maximum Gasteiger partial charge on any atom is 0.248 e. The van der Waals surface area contributed by atoms with Crippen molar-refractivity contribution in [3.63, 3.8) is 0 Å². The zero-order chi connectivity index (χ0) is 15.2. The largest absolute Gasteiger partial charge is 0.323 e. The van der Waals surface area contributed by atoms with Crippen molar-refractivity contribution in [2.45, 2.75) is 11.8 Å². The molecule has 0 aliphatic heterocycles. The van der Waals surface area contributed by atoms with E-state index < -0.39 is 10.0 Å². The van der Waals surface area contributed by atoms with Gasteiger partial charge in [-0.2, -0.15) is 0 Å². The summed E-state index contributed by atoms with van der Waals surface area (Å²) in [5, 5.41) is 2.64. The van der Waals surface area contributed by atoms with Crippen LogP contribution in [0.5, 0.6) is 0 Å². The number of rotatable bonds is 5. The molecule has 0 saturated carbocycles. The van der Waals surface area contributed by atoms with Gasteiger partial charge in [-0.1, -0.05) is 18.2 Å². The molecule has 1 N–H and O–H groups in total. The third kappa shape index (κ3) is 4.32. The van der Waals surface area contributed by atoms with Crippen LogP contribution >= 0.6 is 0 Å². The minimum absolute atomic E-state index is 0.185. The van der Waals surface area contributed by atoms with Gasteiger partial charge in [-0.05, 0) is 31.2 Å². The van der Waals surface area contributed by atoms with E-state index in [1.54, 1.807) is 24.3 Å². The maximum atomic E-state index is 11.9. The molecule has 1 amide bonds. The zero-order valence-corrected chi connectivity index (χ0v) is 12.5. The highest BCUT2D eigenvalue weighted by molar-refractivity contribution is 7.89. The molecular formula is C14H18N2O3S. The number of benzene rings is 1. The Hall–Kier alpha value is -1.92. The SMILES string of the molecule is CC=CC=CC(=O)Nc1ccc(S(=O)(=O)N(C)C)cc1. The highest BCUT2D eigenvalue weighted by atomic mass is 32.2. The Balaban J connectivity index is 2.80. The molecule has 108 valence electrons. The van der Waals surface area contributed by atoms with Crippen LogP contribution in [0.2, 0.25) is 0 Å². The molecule has 0 atom stereocenters. The first-order valence-corrected chi connectivity index (χ1v) is 7.45. The second-order valence-corrected chi connectivity index (χ2v) is 6.34. The first-order chi connectivity index (χ1) is 9.37. The summed E-state index contributed by atoms with van der Waals surface area (Å²) >= 11 is 0. The van der Waals surface area contributed by atoms with Gasteiger partial charge in [0.05, 0.1) is 4.90 Å². The summed E-state index contributed by atoms with van der Waals surface area (Å²) in [6, 6.07) is 6.02. The van der Waals surface area contributed by atoms with Crippen molar-refractivity contribution in [1.82, 2.24) is 4.31 Å². The molecule has 1 rings (SSSR count). The Bertz CT molecular complexity index is 614. The van der Waals surface area contributed by atoms with Gasteiger partial charge in [0.25, 0.3) is 0 Å². The van der Waals surface area contributed by atoms with Crippen LogP contribution in [0.4, 0.5) is 5.69 Å². The van der Waals surface area contributed by atoms with E-state index in [1.807, 2.05) is 13.0 Å². The lowest BCUT2D eigenvalue weighted by molar-refractivity contribution is -0.111. The van der Waals surface area contributed by atoms with Gasteiger partial charge in [-0.3, -0.25) is 4.79 Å². The van der Waals surface area contributed by atoms with Gasteiger partial charge in [0.1, 0.15) is 0 Å². The summed E-state index contributed by atoms with van der Waals surface area (Å²) in [5.74, 6) is -0.272. The molecule has 0 saturated heterocycles. The highest BCUT2D eigenvalue weighted by Gasteiger charge is 2.16. The summed E-state index contributed by atoms with van der Waals surface area (Å²) < 4.78 is 24.9. The van der Waals surface area contributed by atoms with Gasteiger partial charge < -0.3 is 5.32 Å². The number of sulfonamides is 1. The van der Waals surface area contributed by atoms with E-state index in [9.17, 15) is 13.2 Å². The number of anilines is 1. The van der Waals surface area contributed by atoms with E-state index in [1.165, 1.54) is 32.3 Å². The molecule has 0 aliphatic carbocycles. The molecular weight excluding hydrogens is 276 g/mol. The van der Waals surface area contributed by atoms with Crippen LogP contribution in [0, 0.1) is 0 Å². The fourth-order valence-electron chi connectivity index (χ4n) is 1.36. The predicted octanol–water partition coefficient (Wildman–Crippen LogP) is 2.01. The van der Waals surface area contributed by atoms with Crippen molar-refractivity contribution in [1.29, 1.82) is 0 Å². The molecule has 5 nitrogen and oxygen atoms in total. The number of carbonyl (C=O) groups excluding carboxylic acids is 1. The summed E-state index contributed by atoms with van der Waals surface area (Å²) in [6.45, 7) is 1.85. The minimum atomic E-state index is -3.44. The van der Waals surface area contributed by atoms with Crippen molar-refractivity contribution in [2.75, 3.05) is 19.4 Å². The second kappa shape index (κ2) is 7.02. The van der Waals surface area contributed by atoms with E-state index >= 15 is 0 Å². The lowest BCUT2D eigenvalue weighted by Gasteiger charge is -2.11. The lowest BCUT2D eigenvalue weighted by atomic mass is 10.3. The number of carbonyl (C=O) groups is 1. The Kier molecular flexibility index (Phi) is 5.66. The number of amides is 1. The predicted molar refractivity (Wildman–Crippen MR) is 79.9 cm³/mol. The van der Waals surface area contributed by atoms with Crippen molar-refractivity contribution in [3.8, 4) is 0 Å². The fourth-order valence-corrected chi connectivity index (χ4v) is 2.26. The molecule has 0 spiro atoms. The van der Waals surface area contributed by atoms with Crippen LogP contribution in [0.25, 0.3) is 0 Å². The molecule has 6 heteroatoms. The molecule has 0 fully saturated rings. The van der Waals surface area contributed by atoms with Crippen molar-refractivity contribution in [2.24, 2.45) is 0 Å². The molecule has 0 radical (unpaired) electrons. The van der Waals surface area contributed by atoms with E-state index in [2.05, 4.69) is 5.32 Å². The summed E-state index contributed by atoms with van der Waals surface area (Å²) in [7, 11) is -0.504. The van der Waals surface area contributed by atoms with Gasteiger partial charge in [0.2, 0.25) is 15.9 Å². The van der Waals surface area contributed by atoms with Gasteiger partial charge in [-0.25, -0.2) is 12.7 Å². The van der Waals surface area contributed by atoms with Gasteiger partial charge in [-0.15, -0.1) is 0 Å². The average molecular weight is 294 g/mol. The number of nitrogens with one attached hydrogen (secondary N) is 1. The van der Waals surface area contributed by atoms with E-state index in [4.69, 9.17) is 0 Å². The Morgan fingerprint density at radius 1 is 1.15 bits per heavy atom. The summed E-state index contributed by atoms with van der Waals surface area (Å²) in [5.41, 5.74) is 0.540. The Labute approximate surface area is 119 Å². The molecule has 0 heterocycles. The topological polar surface area (TPSA) is 66.5 Å². The number of nitrogens with zero attached hydrogens (tertiary/aromatic N) is 1. The normalized spacial score (nSPS) is 12.4. The van der Waals surface area contributed by atoms with Crippen LogP contribution in [0.3, 0.4) is 0 Å². The summed E-state index contributed by atoms with van der Waals surface area (Å²) in [4.78, 5) is 11.7. The number of allylic oxidation sites excluding steroid dienone is 3. The highest BCUT2D eigenvalue weighted by Crippen LogP contribution is 2.16. The third-order valence-corrected chi connectivity index (χ3v) is 4.28. The van der Waals surface area contributed by atoms with Gasteiger partial charge >= 0.3 is 0 Å². The Morgan fingerprint density at radius 2 is 1.75 bits per heavy atom. The molecule has 20 heavy (non-hydrogen) atoms. The van der Waals surface area contributed by atoms with Crippen LogP contribution in [0.15, 0.2) is 53.5 Å². The second-order valence-electron chi connectivity index (χ2n) is 4.19. The average Bonchev–Trinajstić information content (AvgIpc) is 2.39. The lowest BCUT2D eigenvalue weighted by Crippen LogP contribution is -2.22. The van der Waals surface area contributed by atoms with Gasteiger partial charge in [0.15, 0.2) is 0 Å². The number of hydrogen-bond acceptors (Lipinski definition) is 3. The Morgan fingerprint density at radius 3 is 2.25 bits per heavy atom. The molecule has 0 bridgehead atoms. The molecule has 0 aliphatic rings. The van der Waals surface area contributed by atoms with Crippen molar-refractivity contribution < 1.29 is 13.2 Å². The molecule has 0 unspecified atom stereocenters. The standard InChI is InChI=1S/C14H18N2O3S/c1-4-5-6-7-14(17)15-12-8-10-13(11-9-12)20(18,19)16(2)3/h4-11H,1-3H3,(H,15,17). The van der Waals surface area contributed by atoms with Crippen LogP contribution in [-0.4, -0.2) is 32.7 Å². The summed E-state index contributed by atoms with van der Waals surface area (Å²) in [6.07, 6.45) is 6.57. The van der Waals surface area contributed by atoms with E-state index in [0.717, 1.165) is 4.31 Å². The van der Waals surface area contributed by atoms with Crippen molar-refractivity contribution in [3.05, 3.63) is 48.6 Å². The molecule has 0 aromatic heterocycles. The van der Waals surface area contributed by atoms with E-state index in [0.29, 0.717) is 5.69 Å². The van der Waals surface area contributed by atoms with Crippen LogP contribution < -0.4 is 5.32 Å². The van der Waals surface area contributed by atoms with Crippen molar-refractivity contribution >= 4 is 21.6 Å². The minimum Gasteiger partial charge on any atom is -0.323 e. The molecule has 1 aromatic rings. The monoisotopic (exact) mass is 294 g/mol. The fraction of sp³-hybridized carbons (Fsp3) is 0.214. The quantitative estimate of drug-likeness (QED) is 0.667. The maximum absolute atomic E-state index is 11.9. The zero-order valence-electron chi connectivity index (χ0n) is 11.7. The first-order valence-electron chi connectivity index (χ1n) is 6.01. The van der Waals surface area contributed by atoms with Crippen LogP contribution in [-0.2, 0) is 14.8 Å². The van der Waals surface area contributed by atoms with Crippen LogP contribution in [0.1, 0.15) is 6.92 Å². The smallest absolute Gasteiger partial charge is 0.248 e.